The van der Waals surface area contributed by atoms with Crippen LogP contribution in [0.1, 0.15) is 25.5 Å². The normalized spacial score (nSPS) is 14.6. The molecule has 19 heavy (non-hydrogen) atoms. The van der Waals surface area contributed by atoms with E-state index in [4.69, 9.17) is 14.9 Å². The lowest BCUT2D eigenvalue weighted by molar-refractivity contribution is -0.147. The van der Waals surface area contributed by atoms with Crippen LogP contribution in [-0.2, 0) is 9.53 Å². The first kappa shape index (κ1) is 13.5. The Labute approximate surface area is 111 Å². The van der Waals surface area contributed by atoms with Crippen molar-refractivity contribution in [1.82, 2.24) is 4.98 Å². The van der Waals surface area contributed by atoms with Crippen molar-refractivity contribution in [3.63, 3.8) is 0 Å². The molecule has 0 bridgehead atoms. The van der Waals surface area contributed by atoms with Crippen LogP contribution in [-0.4, -0.2) is 18.1 Å². The predicted molar refractivity (Wildman–Crippen MR) is 71.3 cm³/mol. The van der Waals surface area contributed by atoms with Gasteiger partial charge in [0, 0.05) is 6.04 Å². The molecule has 2 aromatic rings. The van der Waals surface area contributed by atoms with E-state index < -0.39 is 6.04 Å². The maximum atomic E-state index is 11.8. The Bertz CT molecular complexity index is 577. The lowest BCUT2D eigenvalue weighted by atomic mass is 9.85. The molecule has 1 aromatic heterocycles. The van der Waals surface area contributed by atoms with Crippen LogP contribution in [0.2, 0.25) is 0 Å². The summed E-state index contributed by atoms with van der Waals surface area (Å²) in [5, 5.41) is 0. The fraction of sp³-hybridized carbons (Fsp3) is 0.429. The number of esters is 1. The second-order valence-corrected chi connectivity index (χ2v) is 4.90. The first-order valence-electron chi connectivity index (χ1n) is 6.21. The number of hydrogen-bond acceptors (Lipinski definition) is 5. The number of ether oxygens (including phenoxy) is 1. The summed E-state index contributed by atoms with van der Waals surface area (Å²) in [4.78, 5) is 15.9. The molecule has 2 unspecified atom stereocenters. The van der Waals surface area contributed by atoms with Crippen molar-refractivity contribution in [3.05, 3.63) is 30.2 Å². The van der Waals surface area contributed by atoms with Crippen molar-refractivity contribution >= 4 is 17.1 Å². The summed E-state index contributed by atoms with van der Waals surface area (Å²) >= 11 is 0. The quantitative estimate of drug-likeness (QED) is 0.855. The van der Waals surface area contributed by atoms with Crippen molar-refractivity contribution in [3.8, 4) is 0 Å². The van der Waals surface area contributed by atoms with Gasteiger partial charge in [-0.05, 0) is 23.6 Å². The molecule has 0 aliphatic rings. The van der Waals surface area contributed by atoms with E-state index >= 15 is 0 Å². The van der Waals surface area contributed by atoms with Crippen LogP contribution in [0.3, 0.4) is 0 Å². The molecule has 2 atom stereocenters. The molecular weight excluding hydrogens is 244 g/mol. The molecular formula is C14H18N2O3. The molecule has 5 nitrogen and oxygen atoms in total. The zero-order valence-electron chi connectivity index (χ0n) is 11.3. The van der Waals surface area contributed by atoms with E-state index in [0.717, 1.165) is 11.1 Å². The number of methoxy groups -OCH3 is 1. The second kappa shape index (κ2) is 5.40. The molecule has 0 aliphatic carbocycles. The standard InChI is InChI=1S/C14H18N2O3/c1-8(2)12(14(17)18-3)13(15)9-4-5-10-11(6-9)19-7-16-10/h4-8,12-13H,15H2,1-3H3. The Balaban J connectivity index is 2.34. The number of rotatable bonds is 4. The van der Waals surface area contributed by atoms with Gasteiger partial charge in [-0.15, -0.1) is 0 Å². The van der Waals surface area contributed by atoms with Gasteiger partial charge < -0.3 is 14.9 Å². The highest BCUT2D eigenvalue weighted by molar-refractivity contribution is 5.76. The van der Waals surface area contributed by atoms with Gasteiger partial charge in [-0.25, -0.2) is 4.98 Å². The molecule has 1 heterocycles. The number of nitrogens with two attached hydrogens (primary N) is 1. The Morgan fingerprint density at radius 1 is 1.42 bits per heavy atom. The number of nitrogens with zero attached hydrogens (tertiary/aromatic N) is 1. The summed E-state index contributed by atoms with van der Waals surface area (Å²) in [5.41, 5.74) is 8.49. The summed E-state index contributed by atoms with van der Waals surface area (Å²) in [6.07, 6.45) is 1.39. The molecule has 2 rings (SSSR count). The van der Waals surface area contributed by atoms with E-state index in [1.807, 2.05) is 32.0 Å². The summed E-state index contributed by atoms with van der Waals surface area (Å²) in [5.74, 6) is -0.585. The van der Waals surface area contributed by atoms with E-state index in [1.54, 1.807) is 0 Å². The SMILES string of the molecule is COC(=O)C(C(C)C)C(N)c1ccc2ncoc2c1. The molecule has 0 fully saturated rings. The Morgan fingerprint density at radius 3 is 2.79 bits per heavy atom. The minimum Gasteiger partial charge on any atom is -0.469 e. The number of benzene rings is 1. The molecule has 0 radical (unpaired) electrons. The number of carbonyl (C=O) groups excluding carboxylic acids is 1. The Hall–Kier alpha value is -1.88. The number of carbonyl (C=O) groups is 1. The highest BCUT2D eigenvalue weighted by Gasteiger charge is 2.30. The molecule has 0 aliphatic heterocycles. The second-order valence-electron chi connectivity index (χ2n) is 4.90. The number of hydrogen-bond donors (Lipinski definition) is 1. The van der Waals surface area contributed by atoms with E-state index in [0.29, 0.717) is 5.58 Å². The van der Waals surface area contributed by atoms with Crippen molar-refractivity contribution < 1.29 is 13.9 Å². The average Bonchev–Trinajstić information content (AvgIpc) is 2.85. The number of aromatic nitrogens is 1. The van der Waals surface area contributed by atoms with E-state index in [-0.39, 0.29) is 17.8 Å². The Kier molecular flexibility index (Phi) is 3.85. The van der Waals surface area contributed by atoms with Crippen LogP contribution in [0.25, 0.3) is 11.1 Å². The molecule has 5 heteroatoms. The Morgan fingerprint density at radius 2 is 2.16 bits per heavy atom. The smallest absolute Gasteiger partial charge is 0.310 e. The minimum absolute atomic E-state index is 0.0906. The topological polar surface area (TPSA) is 78.4 Å². The van der Waals surface area contributed by atoms with Gasteiger partial charge in [0.2, 0.25) is 0 Å². The first-order valence-corrected chi connectivity index (χ1v) is 6.21. The molecule has 0 amide bonds. The molecule has 2 N–H and O–H groups in total. The van der Waals surface area contributed by atoms with Gasteiger partial charge in [0.15, 0.2) is 12.0 Å². The van der Waals surface area contributed by atoms with Crippen molar-refractivity contribution in [2.45, 2.75) is 19.9 Å². The highest BCUT2D eigenvalue weighted by atomic mass is 16.5. The van der Waals surface area contributed by atoms with Crippen LogP contribution >= 0.6 is 0 Å². The fourth-order valence-corrected chi connectivity index (χ4v) is 2.26. The summed E-state index contributed by atoms with van der Waals surface area (Å²) in [6.45, 7) is 3.91. The van der Waals surface area contributed by atoms with E-state index in [1.165, 1.54) is 13.5 Å². The van der Waals surface area contributed by atoms with Crippen LogP contribution in [0.4, 0.5) is 0 Å². The summed E-state index contributed by atoms with van der Waals surface area (Å²) < 4.78 is 10.1. The largest absolute Gasteiger partial charge is 0.469 e. The van der Waals surface area contributed by atoms with Crippen LogP contribution in [0.15, 0.2) is 29.0 Å². The number of oxazole rings is 1. The monoisotopic (exact) mass is 262 g/mol. The molecule has 0 saturated carbocycles. The van der Waals surface area contributed by atoms with Crippen molar-refractivity contribution in [2.24, 2.45) is 17.6 Å². The van der Waals surface area contributed by atoms with Gasteiger partial charge in [-0.2, -0.15) is 0 Å². The third-order valence-electron chi connectivity index (χ3n) is 3.32. The minimum atomic E-state index is -0.429. The lowest BCUT2D eigenvalue weighted by Gasteiger charge is -2.25. The van der Waals surface area contributed by atoms with Gasteiger partial charge in [0.05, 0.1) is 13.0 Å². The lowest BCUT2D eigenvalue weighted by Crippen LogP contribution is -2.33. The predicted octanol–water partition coefficient (Wildman–Crippen LogP) is 2.27. The third-order valence-corrected chi connectivity index (χ3v) is 3.32. The fourth-order valence-electron chi connectivity index (χ4n) is 2.26. The zero-order valence-corrected chi connectivity index (χ0v) is 11.3. The van der Waals surface area contributed by atoms with Gasteiger partial charge in [0.1, 0.15) is 5.52 Å². The average molecular weight is 262 g/mol. The van der Waals surface area contributed by atoms with E-state index in [2.05, 4.69) is 4.98 Å². The van der Waals surface area contributed by atoms with Crippen molar-refractivity contribution in [1.29, 1.82) is 0 Å². The maximum Gasteiger partial charge on any atom is 0.310 e. The molecule has 0 saturated heterocycles. The summed E-state index contributed by atoms with van der Waals surface area (Å²) in [7, 11) is 1.38. The van der Waals surface area contributed by atoms with Crippen molar-refractivity contribution in [2.75, 3.05) is 7.11 Å². The number of fused-ring (bicyclic) bond motifs is 1. The van der Waals surface area contributed by atoms with Gasteiger partial charge >= 0.3 is 5.97 Å². The van der Waals surface area contributed by atoms with E-state index in [9.17, 15) is 4.79 Å². The molecule has 1 aromatic carbocycles. The highest BCUT2D eigenvalue weighted by Crippen LogP contribution is 2.29. The molecule has 0 spiro atoms. The third kappa shape index (κ3) is 2.61. The first-order chi connectivity index (χ1) is 9.04. The maximum absolute atomic E-state index is 11.8. The van der Waals surface area contributed by atoms with Crippen LogP contribution in [0, 0.1) is 11.8 Å². The van der Waals surface area contributed by atoms with Gasteiger partial charge in [0.25, 0.3) is 0 Å². The van der Waals surface area contributed by atoms with Crippen LogP contribution in [0.5, 0.6) is 0 Å². The molecule has 102 valence electrons. The zero-order chi connectivity index (χ0) is 14.0. The van der Waals surface area contributed by atoms with Gasteiger partial charge in [-0.3, -0.25) is 4.79 Å². The summed E-state index contributed by atoms with van der Waals surface area (Å²) in [6, 6.07) is 5.10. The van der Waals surface area contributed by atoms with Gasteiger partial charge in [-0.1, -0.05) is 19.9 Å². The van der Waals surface area contributed by atoms with Crippen LogP contribution < -0.4 is 5.73 Å².